The molecule has 0 aromatic carbocycles. The molecular weight excluding hydrogens is 164 g/mol. The van der Waals surface area contributed by atoms with E-state index in [0.717, 1.165) is 12.8 Å². The van der Waals surface area contributed by atoms with Gasteiger partial charge in [0.1, 0.15) is 5.60 Å². The van der Waals surface area contributed by atoms with Crippen LogP contribution in [0.25, 0.3) is 0 Å². The van der Waals surface area contributed by atoms with Crippen molar-refractivity contribution in [2.45, 2.75) is 52.1 Å². The molecule has 0 aliphatic rings. The zero-order valence-electron chi connectivity index (χ0n) is 8.93. The molecule has 0 saturated carbocycles. The van der Waals surface area contributed by atoms with Crippen LogP contribution in [0.3, 0.4) is 0 Å². The average Bonchev–Trinajstić information content (AvgIpc) is 2.03. The van der Waals surface area contributed by atoms with Gasteiger partial charge in [0.15, 0.2) is 0 Å². The minimum atomic E-state index is -0.347. The Labute approximate surface area is 81.0 Å². The molecule has 0 atom stereocenters. The van der Waals surface area contributed by atoms with Crippen molar-refractivity contribution in [2.24, 2.45) is 0 Å². The Morgan fingerprint density at radius 1 is 1.46 bits per heavy atom. The van der Waals surface area contributed by atoms with E-state index in [1.807, 2.05) is 13.8 Å². The van der Waals surface area contributed by atoms with Gasteiger partial charge in [-0.15, -0.1) is 0 Å². The highest BCUT2D eigenvalue weighted by atomic mass is 16.6. The Balaban J connectivity index is 3.78. The van der Waals surface area contributed by atoms with Crippen LogP contribution in [0.2, 0.25) is 0 Å². The van der Waals surface area contributed by atoms with Crippen LogP contribution < -0.4 is 0 Å². The number of rotatable bonds is 6. The van der Waals surface area contributed by atoms with Crippen molar-refractivity contribution in [1.29, 1.82) is 0 Å². The van der Waals surface area contributed by atoms with E-state index >= 15 is 0 Å². The Kier molecular flexibility index (Phi) is 5.44. The lowest BCUT2D eigenvalue weighted by molar-refractivity contribution is -0.150. The minimum Gasteiger partial charge on any atom is -0.457 e. The van der Waals surface area contributed by atoms with E-state index in [1.165, 1.54) is 18.9 Å². The SMILES string of the molecule is C=CC(=O)OC(C)(C)CCCCC. The van der Waals surface area contributed by atoms with Crippen molar-refractivity contribution in [3.8, 4) is 0 Å². The van der Waals surface area contributed by atoms with Crippen molar-refractivity contribution < 1.29 is 9.53 Å². The molecule has 0 fully saturated rings. The highest BCUT2D eigenvalue weighted by Gasteiger charge is 2.20. The summed E-state index contributed by atoms with van der Waals surface area (Å²) in [5.41, 5.74) is -0.347. The summed E-state index contributed by atoms with van der Waals surface area (Å²) in [6.45, 7) is 9.39. The molecule has 0 saturated heterocycles. The first kappa shape index (κ1) is 12.2. The van der Waals surface area contributed by atoms with Gasteiger partial charge in [-0.3, -0.25) is 0 Å². The monoisotopic (exact) mass is 184 g/mol. The lowest BCUT2D eigenvalue weighted by Gasteiger charge is -2.24. The lowest BCUT2D eigenvalue weighted by atomic mass is 10.0. The molecule has 0 unspecified atom stereocenters. The van der Waals surface area contributed by atoms with E-state index in [2.05, 4.69) is 13.5 Å². The molecule has 0 amide bonds. The van der Waals surface area contributed by atoms with Crippen LogP contribution in [-0.4, -0.2) is 11.6 Å². The van der Waals surface area contributed by atoms with Gasteiger partial charge in [-0.1, -0.05) is 26.3 Å². The summed E-state index contributed by atoms with van der Waals surface area (Å²) in [5, 5.41) is 0. The maximum Gasteiger partial charge on any atom is 0.330 e. The van der Waals surface area contributed by atoms with Gasteiger partial charge >= 0.3 is 5.97 Å². The number of carbonyl (C=O) groups excluding carboxylic acids is 1. The Morgan fingerprint density at radius 3 is 2.54 bits per heavy atom. The van der Waals surface area contributed by atoms with Gasteiger partial charge in [-0.25, -0.2) is 4.79 Å². The molecule has 0 aliphatic heterocycles. The lowest BCUT2D eigenvalue weighted by Crippen LogP contribution is -2.27. The number of ether oxygens (including phenoxy) is 1. The third kappa shape index (κ3) is 6.38. The fourth-order valence-electron chi connectivity index (χ4n) is 1.17. The first-order valence-corrected chi connectivity index (χ1v) is 4.87. The summed E-state index contributed by atoms with van der Waals surface area (Å²) in [7, 11) is 0. The summed E-state index contributed by atoms with van der Waals surface area (Å²) < 4.78 is 5.18. The first-order valence-electron chi connectivity index (χ1n) is 4.87. The van der Waals surface area contributed by atoms with E-state index in [4.69, 9.17) is 4.74 Å². The second-order valence-corrected chi connectivity index (χ2v) is 3.84. The Hall–Kier alpha value is -0.790. The zero-order chi connectivity index (χ0) is 10.3. The van der Waals surface area contributed by atoms with Gasteiger partial charge in [0.2, 0.25) is 0 Å². The second kappa shape index (κ2) is 5.79. The molecular formula is C11H20O2. The van der Waals surface area contributed by atoms with Gasteiger partial charge in [0, 0.05) is 6.08 Å². The van der Waals surface area contributed by atoms with Gasteiger partial charge in [-0.05, 0) is 26.7 Å². The summed E-state index contributed by atoms with van der Waals surface area (Å²) in [4.78, 5) is 10.9. The minimum absolute atomic E-state index is 0.332. The number of hydrogen-bond donors (Lipinski definition) is 0. The predicted octanol–water partition coefficient (Wildman–Crippen LogP) is 3.07. The van der Waals surface area contributed by atoms with Crippen molar-refractivity contribution in [3.05, 3.63) is 12.7 Å². The van der Waals surface area contributed by atoms with Gasteiger partial charge in [-0.2, -0.15) is 0 Å². The molecule has 0 N–H and O–H groups in total. The summed E-state index contributed by atoms with van der Waals surface area (Å²) >= 11 is 0. The molecule has 0 aromatic heterocycles. The fourth-order valence-corrected chi connectivity index (χ4v) is 1.17. The van der Waals surface area contributed by atoms with Crippen LogP contribution in [0.4, 0.5) is 0 Å². The standard InChI is InChI=1S/C11H20O2/c1-5-7-8-9-11(3,4)13-10(12)6-2/h6H,2,5,7-9H2,1,3-4H3. The Morgan fingerprint density at radius 2 is 2.08 bits per heavy atom. The zero-order valence-corrected chi connectivity index (χ0v) is 8.93. The molecule has 0 bridgehead atoms. The van der Waals surface area contributed by atoms with Crippen LogP contribution in [0.15, 0.2) is 12.7 Å². The number of hydrogen-bond acceptors (Lipinski definition) is 2. The molecule has 76 valence electrons. The molecule has 0 rings (SSSR count). The molecule has 2 nitrogen and oxygen atoms in total. The van der Waals surface area contributed by atoms with Crippen molar-refractivity contribution in [3.63, 3.8) is 0 Å². The van der Waals surface area contributed by atoms with Crippen LogP contribution in [0, 0.1) is 0 Å². The maximum atomic E-state index is 10.9. The third-order valence-electron chi connectivity index (χ3n) is 1.93. The maximum absolute atomic E-state index is 10.9. The van der Waals surface area contributed by atoms with Gasteiger partial charge in [0.05, 0.1) is 0 Å². The molecule has 0 aromatic rings. The molecule has 0 aliphatic carbocycles. The number of esters is 1. The quantitative estimate of drug-likeness (QED) is 0.360. The van der Waals surface area contributed by atoms with Crippen LogP contribution in [0.1, 0.15) is 46.5 Å². The molecule has 0 radical (unpaired) electrons. The van der Waals surface area contributed by atoms with Crippen molar-refractivity contribution >= 4 is 5.97 Å². The fraction of sp³-hybridized carbons (Fsp3) is 0.727. The summed E-state index contributed by atoms with van der Waals surface area (Å²) in [6, 6.07) is 0. The van der Waals surface area contributed by atoms with E-state index in [1.54, 1.807) is 0 Å². The van der Waals surface area contributed by atoms with Gasteiger partial charge in [0.25, 0.3) is 0 Å². The van der Waals surface area contributed by atoms with Crippen molar-refractivity contribution in [2.75, 3.05) is 0 Å². The average molecular weight is 184 g/mol. The van der Waals surface area contributed by atoms with Gasteiger partial charge < -0.3 is 4.74 Å². The highest BCUT2D eigenvalue weighted by Crippen LogP contribution is 2.18. The van der Waals surface area contributed by atoms with E-state index in [-0.39, 0.29) is 11.6 Å². The van der Waals surface area contributed by atoms with Crippen LogP contribution in [0.5, 0.6) is 0 Å². The first-order chi connectivity index (χ1) is 6.02. The largest absolute Gasteiger partial charge is 0.457 e. The van der Waals surface area contributed by atoms with E-state index in [0.29, 0.717) is 0 Å². The molecule has 2 heteroatoms. The second-order valence-electron chi connectivity index (χ2n) is 3.84. The van der Waals surface area contributed by atoms with E-state index < -0.39 is 0 Å². The summed E-state index contributed by atoms with van der Waals surface area (Å²) in [5.74, 6) is -0.332. The topological polar surface area (TPSA) is 26.3 Å². The number of unbranched alkanes of at least 4 members (excludes halogenated alkanes) is 2. The molecule has 0 spiro atoms. The highest BCUT2D eigenvalue weighted by molar-refractivity contribution is 5.81. The number of carbonyl (C=O) groups is 1. The Bertz CT molecular complexity index is 171. The third-order valence-corrected chi connectivity index (χ3v) is 1.93. The smallest absolute Gasteiger partial charge is 0.330 e. The predicted molar refractivity (Wildman–Crippen MR) is 54.5 cm³/mol. The molecule has 0 heterocycles. The van der Waals surface area contributed by atoms with Crippen LogP contribution >= 0.6 is 0 Å². The molecule has 13 heavy (non-hydrogen) atoms. The van der Waals surface area contributed by atoms with E-state index in [9.17, 15) is 4.79 Å². The van der Waals surface area contributed by atoms with Crippen molar-refractivity contribution in [1.82, 2.24) is 0 Å². The van der Waals surface area contributed by atoms with Crippen LogP contribution in [-0.2, 0) is 9.53 Å². The summed E-state index contributed by atoms with van der Waals surface area (Å²) in [6.07, 6.45) is 5.61. The normalized spacial score (nSPS) is 11.0.